The van der Waals surface area contributed by atoms with Crippen LogP contribution >= 0.6 is 11.8 Å². The number of thioether (sulfide) groups is 1. The minimum Gasteiger partial charge on any atom is -0.497 e. The first-order valence-corrected chi connectivity index (χ1v) is 9.66. The van der Waals surface area contributed by atoms with Gasteiger partial charge in [0.05, 0.1) is 18.4 Å². The molecule has 0 aliphatic heterocycles. The van der Waals surface area contributed by atoms with E-state index in [4.69, 9.17) is 4.74 Å². The monoisotopic (exact) mass is 383 g/mol. The number of methoxy groups -OCH3 is 1. The van der Waals surface area contributed by atoms with Gasteiger partial charge >= 0.3 is 0 Å². The zero-order valence-electron chi connectivity index (χ0n) is 14.8. The maximum Gasteiger partial charge on any atom is 0.192 e. The molecule has 1 aliphatic rings. The van der Waals surface area contributed by atoms with E-state index in [2.05, 4.69) is 10.2 Å². The van der Waals surface area contributed by atoms with Crippen LogP contribution in [-0.2, 0) is 0 Å². The second-order valence-corrected chi connectivity index (χ2v) is 7.27. The first-order valence-electron chi connectivity index (χ1n) is 8.67. The number of carbonyl (C=O) groups is 1. The van der Waals surface area contributed by atoms with E-state index in [1.54, 1.807) is 49.6 Å². The molecule has 0 N–H and O–H groups in total. The number of rotatable bonds is 7. The molecule has 0 spiro atoms. The Hall–Kier alpha value is -2.67. The molecule has 7 heteroatoms. The highest BCUT2D eigenvalue weighted by Crippen LogP contribution is 2.41. The number of hydrogen-bond acceptors (Lipinski definition) is 5. The Morgan fingerprint density at radius 3 is 2.78 bits per heavy atom. The number of aromatic nitrogens is 3. The molecule has 5 nitrogen and oxygen atoms in total. The number of halogens is 1. The van der Waals surface area contributed by atoms with Gasteiger partial charge in [0.25, 0.3) is 0 Å². The van der Waals surface area contributed by atoms with Crippen molar-refractivity contribution in [3.63, 3.8) is 0 Å². The molecule has 0 amide bonds. The van der Waals surface area contributed by atoms with E-state index in [1.165, 1.54) is 17.8 Å². The van der Waals surface area contributed by atoms with Gasteiger partial charge in [-0.25, -0.2) is 4.39 Å². The number of nitrogens with zero attached hydrogens (tertiary/aromatic N) is 3. The molecule has 0 atom stereocenters. The molecule has 0 saturated heterocycles. The van der Waals surface area contributed by atoms with Crippen molar-refractivity contribution < 1.29 is 13.9 Å². The highest BCUT2D eigenvalue weighted by molar-refractivity contribution is 7.99. The number of ether oxygens (including phenoxy) is 1. The lowest BCUT2D eigenvalue weighted by Crippen LogP contribution is -2.05. The molecule has 4 rings (SSSR count). The lowest BCUT2D eigenvalue weighted by atomic mass is 10.1. The molecule has 0 radical (unpaired) electrons. The fraction of sp³-hybridized carbons (Fsp3) is 0.250. The smallest absolute Gasteiger partial charge is 0.192 e. The lowest BCUT2D eigenvalue weighted by Gasteiger charge is -2.09. The van der Waals surface area contributed by atoms with Crippen LogP contribution in [-0.4, -0.2) is 33.4 Å². The van der Waals surface area contributed by atoms with Crippen molar-refractivity contribution in [2.45, 2.75) is 24.0 Å². The number of Topliss-reactive ketones (excluding diaryl/α,β-unsaturated/α-hetero) is 1. The van der Waals surface area contributed by atoms with Crippen molar-refractivity contribution in [1.82, 2.24) is 14.8 Å². The molecule has 1 aliphatic carbocycles. The zero-order valence-corrected chi connectivity index (χ0v) is 15.6. The minimum absolute atomic E-state index is 0.0170. The molecular formula is C20H18FN3O2S. The fourth-order valence-corrected chi connectivity index (χ4v) is 3.77. The second-order valence-electron chi connectivity index (χ2n) is 6.33. The van der Waals surface area contributed by atoms with Crippen molar-refractivity contribution in [3.05, 3.63) is 59.9 Å². The van der Waals surface area contributed by atoms with Gasteiger partial charge in [0.1, 0.15) is 11.6 Å². The maximum absolute atomic E-state index is 14.2. The number of ketones is 1. The van der Waals surface area contributed by atoms with Crippen molar-refractivity contribution in [2.75, 3.05) is 12.9 Å². The van der Waals surface area contributed by atoms with E-state index in [1.807, 2.05) is 4.57 Å². The third kappa shape index (κ3) is 3.73. The van der Waals surface area contributed by atoms with Crippen LogP contribution in [0.25, 0.3) is 11.4 Å². The Balaban J connectivity index is 1.56. The van der Waals surface area contributed by atoms with E-state index in [0.717, 1.165) is 12.8 Å². The Morgan fingerprint density at radius 2 is 2.04 bits per heavy atom. The summed E-state index contributed by atoms with van der Waals surface area (Å²) in [6.07, 6.45) is 2.02. The summed E-state index contributed by atoms with van der Waals surface area (Å²) < 4.78 is 21.3. The van der Waals surface area contributed by atoms with Crippen molar-refractivity contribution in [2.24, 2.45) is 0 Å². The molecule has 1 fully saturated rings. The van der Waals surface area contributed by atoms with Crippen LogP contribution in [0.15, 0.2) is 53.7 Å². The fourth-order valence-electron chi connectivity index (χ4n) is 2.87. The predicted octanol–water partition coefficient (Wildman–Crippen LogP) is 4.40. The Kier molecular flexibility index (Phi) is 4.94. The van der Waals surface area contributed by atoms with E-state index < -0.39 is 0 Å². The Labute approximate surface area is 160 Å². The maximum atomic E-state index is 14.2. The summed E-state index contributed by atoms with van der Waals surface area (Å²) in [6, 6.07) is 13.9. The topological polar surface area (TPSA) is 57.0 Å². The molecule has 1 heterocycles. The Bertz CT molecular complexity index is 985. The third-order valence-corrected chi connectivity index (χ3v) is 5.36. The normalized spacial score (nSPS) is 13.6. The summed E-state index contributed by atoms with van der Waals surface area (Å²) in [5, 5.41) is 9.08. The molecule has 3 aromatic rings. The lowest BCUT2D eigenvalue weighted by molar-refractivity contribution is 0.102. The summed E-state index contributed by atoms with van der Waals surface area (Å²) >= 11 is 1.33. The third-order valence-electron chi connectivity index (χ3n) is 4.42. The van der Waals surface area contributed by atoms with Gasteiger partial charge in [-0.15, -0.1) is 10.2 Å². The van der Waals surface area contributed by atoms with Crippen LogP contribution in [0.5, 0.6) is 5.75 Å². The first-order chi connectivity index (χ1) is 13.2. The zero-order chi connectivity index (χ0) is 18.8. The van der Waals surface area contributed by atoms with E-state index in [9.17, 15) is 9.18 Å². The molecule has 0 unspecified atom stereocenters. The van der Waals surface area contributed by atoms with Gasteiger partial charge in [0.15, 0.2) is 16.8 Å². The molecule has 2 aromatic carbocycles. The number of hydrogen-bond donors (Lipinski definition) is 0. The van der Waals surface area contributed by atoms with Gasteiger partial charge in [-0.3, -0.25) is 9.36 Å². The SMILES string of the molecule is COc1cccc(C(=O)CSc2nnc(-c3ccccc3F)n2C2CC2)c1. The van der Waals surface area contributed by atoms with Crippen LogP contribution in [0.3, 0.4) is 0 Å². The average molecular weight is 383 g/mol. The summed E-state index contributed by atoms with van der Waals surface area (Å²) in [7, 11) is 1.57. The summed E-state index contributed by atoms with van der Waals surface area (Å²) in [5.41, 5.74) is 1.02. The molecule has 0 bridgehead atoms. The van der Waals surface area contributed by atoms with Crippen LogP contribution in [0.4, 0.5) is 4.39 Å². The van der Waals surface area contributed by atoms with Gasteiger partial charge in [-0.1, -0.05) is 36.0 Å². The minimum atomic E-state index is -0.323. The predicted molar refractivity (Wildman–Crippen MR) is 102 cm³/mol. The van der Waals surface area contributed by atoms with Crippen LogP contribution in [0.1, 0.15) is 29.2 Å². The number of carbonyl (C=O) groups excluding carboxylic acids is 1. The van der Waals surface area contributed by atoms with Gasteiger partial charge in [0.2, 0.25) is 0 Å². The van der Waals surface area contributed by atoms with Crippen LogP contribution in [0.2, 0.25) is 0 Å². The first kappa shape index (κ1) is 17.7. The molecule has 1 aromatic heterocycles. The quantitative estimate of drug-likeness (QED) is 0.447. The Morgan fingerprint density at radius 1 is 1.22 bits per heavy atom. The van der Waals surface area contributed by atoms with Gasteiger partial charge in [0, 0.05) is 11.6 Å². The summed E-state index contributed by atoms with van der Waals surface area (Å²) in [5.74, 6) is 1.06. The molecule has 1 saturated carbocycles. The van der Waals surface area contributed by atoms with Crippen LogP contribution in [0, 0.1) is 5.82 Å². The van der Waals surface area contributed by atoms with Crippen molar-refractivity contribution in [3.8, 4) is 17.1 Å². The van der Waals surface area contributed by atoms with E-state index >= 15 is 0 Å². The standard InChI is InChI=1S/C20H18FN3O2S/c1-26-15-6-4-5-13(11-15)18(25)12-27-20-23-22-19(24(20)14-9-10-14)16-7-2-3-8-17(16)21/h2-8,11,14H,9-10,12H2,1H3. The summed E-state index contributed by atoms with van der Waals surface area (Å²) in [6.45, 7) is 0. The number of benzene rings is 2. The second kappa shape index (κ2) is 7.52. The highest BCUT2D eigenvalue weighted by atomic mass is 32.2. The van der Waals surface area contributed by atoms with Gasteiger partial charge in [-0.2, -0.15) is 0 Å². The average Bonchev–Trinajstić information content (AvgIpc) is 3.46. The summed E-state index contributed by atoms with van der Waals surface area (Å²) in [4.78, 5) is 12.5. The molecule has 138 valence electrons. The molecular weight excluding hydrogens is 365 g/mol. The van der Waals surface area contributed by atoms with Gasteiger partial charge < -0.3 is 4.74 Å². The van der Waals surface area contributed by atoms with Crippen LogP contribution < -0.4 is 4.74 Å². The van der Waals surface area contributed by atoms with E-state index in [0.29, 0.717) is 27.9 Å². The highest BCUT2D eigenvalue weighted by Gasteiger charge is 2.31. The van der Waals surface area contributed by atoms with E-state index in [-0.39, 0.29) is 23.4 Å². The largest absolute Gasteiger partial charge is 0.497 e. The van der Waals surface area contributed by atoms with Crippen molar-refractivity contribution >= 4 is 17.5 Å². The van der Waals surface area contributed by atoms with Gasteiger partial charge in [-0.05, 0) is 37.1 Å². The molecule has 27 heavy (non-hydrogen) atoms. The van der Waals surface area contributed by atoms with Crippen molar-refractivity contribution in [1.29, 1.82) is 0 Å².